The molecular weight excluding hydrogens is 322 g/mol. The molecule has 0 unspecified atom stereocenters. The summed E-state index contributed by atoms with van der Waals surface area (Å²) in [5.74, 6) is -0.904. The lowest BCUT2D eigenvalue weighted by atomic mass is 9.90. The highest BCUT2D eigenvalue weighted by Gasteiger charge is 2.30. The summed E-state index contributed by atoms with van der Waals surface area (Å²) in [7, 11) is 2.14. The Morgan fingerprint density at radius 3 is 2.96 bits per heavy atom. The van der Waals surface area contributed by atoms with Crippen molar-refractivity contribution in [3.8, 4) is 0 Å². The Hall–Kier alpha value is -1.66. The lowest BCUT2D eigenvalue weighted by molar-refractivity contribution is 0.0687. The third-order valence-corrected chi connectivity index (χ3v) is 5.95. The first-order valence-electron chi connectivity index (χ1n) is 8.56. The normalized spacial score (nSPS) is 17.2. The molecule has 1 aliphatic rings. The Kier molecular flexibility index (Phi) is 5.06. The summed E-state index contributed by atoms with van der Waals surface area (Å²) in [4.78, 5) is 15.3. The molecular formula is C18H25N3O2S. The molecule has 1 atom stereocenters. The molecule has 0 radical (unpaired) electrons. The predicted molar refractivity (Wildman–Crippen MR) is 95.8 cm³/mol. The molecule has 130 valence electrons. The quantitative estimate of drug-likeness (QED) is 0.870. The highest BCUT2D eigenvalue weighted by atomic mass is 32.1. The van der Waals surface area contributed by atoms with Crippen LogP contribution in [0, 0.1) is 6.92 Å². The van der Waals surface area contributed by atoms with Crippen LogP contribution in [-0.4, -0.2) is 38.8 Å². The second-order valence-electron chi connectivity index (χ2n) is 6.64. The maximum Gasteiger partial charge on any atom is 0.356 e. The zero-order chi connectivity index (χ0) is 17.3. The fourth-order valence-corrected chi connectivity index (χ4v) is 4.50. The molecule has 0 spiro atoms. The standard InChI is InChI=1S/C18H25N3O2S/c1-4-8-21-15-6-5-13(10-14(15)17(19-21)18(22)23)20(3)11-16-12(2)7-9-24-16/h7,9,13H,4-6,8,10-11H2,1-3H3,(H,22,23)/t13-/m1/s1. The minimum absolute atomic E-state index is 0.254. The zero-order valence-electron chi connectivity index (χ0n) is 14.6. The van der Waals surface area contributed by atoms with Crippen molar-refractivity contribution in [1.82, 2.24) is 14.7 Å². The van der Waals surface area contributed by atoms with Gasteiger partial charge in [-0.1, -0.05) is 6.92 Å². The van der Waals surface area contributed by atoms with Gasteiger partial charge in [0.15, 0.2) is 5.69 Å². The number of aryl methyl sites for hydroxylation is 2. The van der Waals surface area contributed by atoms with E-state index in [2.05, 4.69) is 42.3 Å². The van der Waals surface area contributed by atoms with Gasteiger partial charge in [-0.2, -0.15) is 5.10 Å². The van der Waals surface area contributed by atoms with Gasteiger partial charge in [0.05, 0.1) is 0 Å². The number of aromatic nitrogens is 2. The third kappa shape index (κ3) is 3.26. The summed E-state index contributed by atoms with van der Waals surface area (Å²) in [6, 6.07) is 2.53. The Bertz CT molecular complexity index is 735. The summed E-state index contributed by atoms with van der Waals surface area (Å²) in [6.07, 6.45) is 3.71. The largest absolute Gasteiger partial charge is 0.476 e. The first-order valence-corrected chi connectivity index (χ1v) is 9.44. The molecule has 1 aliphatic carbocycles. The van der Waals surface area contributed by atoms with Crippen molar-refractivity contribution in [1.29, 1.82) is 0 Å². The van der Waals surface area contributed by atoms with Crippen LogP contribution < -0.4 is 0 Å². The van der Waals surface area contributed by atoms with Gasteiger partial charge < -0.3 is 5.11 Å². The number of thiophene rings is 1. The number of rotatable bonds is 6. The van der Waals surface area contributed by atoms with Crippen molar-refractivity contribution in [2.45, 2.75) is 58.7 Å². The van der Waals surface area contributed by atoms with Gasteiger partial charge in [0.25, 0.3) is 0 Å². The molecule has 0 aliphatic heterocycles. The van der Waals surface area contributed by atoms with Gasteiger partial charge in [-0.25, -0.2) is 4.79 Å². The van der Waals surface area contributed by atoms with E-state index in [4.69, 9.17) is 0 Å². The van der Waals surface area contributed by atoms with Gasteiger partial charge in [0.2, 0.25) is 0 Å². The van der Waals surface area contributed by atoms with Gasteiger partial charge in [-0.05, 0) is 56.7 Å². The van der Waals surface area contributed by atoms with Crippen molar-refractivity contribution < 1.29 is 9.90 Å². The lowest BCUT2D eigenvalue weighted by Gasteiger charge is -2.31. The minimum Gasteiger partial charge on any atom is -0.476 e. The molecule has 5 nitrogen and oxygen atoms in total. The van der Waals surface area contributed by atoms with Gasteiger partial charge in [0, 0.05) is 35.3 Å². The predicted octanol–water partition coefficient (Wildman–Crippen LogP) is 3.35. The van der Waals surface area contributed by atoms with Crippen LogP contribution in [0.3, 0.4) is 0 Å². The minimum atomic E-state index is -0.904. The van der Waals surface area contributed by atoms with Gasteiger partial charge in [-0.15, -0.1) is 11.3 Å². The number of fused-ring (bicyclic) bond motifs is 1. The van der Waals surface area contributed by atoms with Crippen LogP contribution >= 0.6 is 11.3 Å². The Labute approximate surface area is 146 Å². The van der Waals surface area contributed by atoms with Crippen LogP contribution in [-0.2, 0) is 25.9 Å². The monoisotopic (exact) mass is 347 g/mol. The molecule has 0 bridgehead atoms. The summed E-state index contributed by atoms with van der Waals surface area (Å²) in [5, 5.41) is 16.0. The van der Waals surface area contributed by atoms with Crippen LogP contribution in [0.15, 0.2) is 11.4 Å². The summed E-state index contributed by atoms with van der Waals surface area (Å²) in [6.45, 7) is 5.97. The second kappa shape index (κ2) is 7.07. The molecule has 0 saturated heterocycles. The number of hydrogen-bond acceptors (Lipinski definition) is 4. The molecule has 2 heterocycles. The summed E-state index contributed by atoms with van der Waals surface area (Å²) < 4.78 is 1.92. The number of carbonyl (C=O) groups is 1. The van der Waals surface area contributed by atoms with E-state index in [1.165, 1.54) is 10.4 Å². The summed E-state index contributed by atoms with van der Waals surface area (Å²) >= 11 is 1.79. The van der Waals surface area contributed by atoms with Crippen molar-refractivity contribution in [2.75, 3.05) is 7.05 Å². The molecule has 0 saturated carbocycles. The van der Waals surface area contributed by atoms with E-state index in [1.54, 1.807) is 11.3 Å². The van der Waals surface area contributed by atoms with E-state index < -0.39 is 5.97 Å². The average molecular weight is 347 g/mol. The number of carboxylic acid groups (broad SMARTS) is 1. The van der Waals surface area contributed by atoms with Crippen molar-refractivity contribution >= 4 is 17.3 Å². The molecule has 1 N–H and O–H groups in total. The number of nitrogens with zero attached hydrogens (tertiary/aromatic N) is 3. The fourth-order valence-electron chi connectivity index (χ4n) is 3.54. The van der Waals surface area contributed by atoms with Crippen LogP contribution in [0.1, 0.15) is 52.0 Å². The van der Waals surface area contributed by atoms with Crippen molar-refractivity contribution in [3.05, 3.63) is 38.8 Å². The van der Waals surface area contributed by atoms with Crippen molar-refractivity contribution in [3.63, 3.8) is 0 Å². The molecule has 2 aromatic heterocycles. The van der Waals surface area contributed by atoms with Crippen molar-refractivity contribution in [2.24, 2.45) is 0 Å². The van der Waals surface area contributed by atoms with Gasteiger partial charge in [-0.3, -0.25) is 9.58 Å². The van der Waals surface area contributed by atoms with Crippen LogP contribution in [0.25, 0.3) is 0 Å². The lowest BCUT2D eigenvalue weighted by Crippen LogP contribution is -2.36. The SMILES string of the molecule is CCCn1nc(C(=O)O)c2c1CC[C@@H](N(C)Cc1sccc1C)C2. The smallest absolute Gasteiger partial charge is 0.356 e. The molecule has 6 heteroatoms. The Balaban J connectivity index is 1.80. The zero-order valence-corrected chi connectivity index (χ0v) is 15.4. The number of carboxylic acids is 1. The second-order valence-corrected chi connectivity index (χ2v) is 7.64. The van der Waals surface area contributed by atoms with Gasteiger partial charge in [0.1, 0.15) is 0 Å². The fraction of sp³-hybridized carbons (Fsp3) is 0.556. The first-order chi connectivity index (χ1) is 11.5. The molecule has 3 rings (SSSR count). The highest BCUT2D eigenvalue weighted by Crippen LogP contribution is 2.29. The highest BCUT2D eigenvalue weighted by molar-refractivity contribution is 7.10. The van der Waals surface area contributed by atoms with Crippen LogP contribution in [0.2, 0.25) is 0 Å². The van der Waals surface area contributed by atoms with Gasteiger partial charge >= 0.3 is 5.97 Å². The van der Waals surface area contributed by atoms with E-state index >= 15 is 0 Å². The molecule has 2 aromatic rings. The van der Waals surface area contributed by atoms with E-state index in [9.17, 15) is 9.90 Å². The third-order valence-electron chi connectivity index (χ3n) is 4.94. The number of hydrogen-bond donors (Lipinski definition) is 1. The van der Waals surface area contributed by atoms with Crippen LogP contribution in [0.4, 0.5) is 0 Å². The Morgan fingerprint density at radius 1 is 1.54 bits per heavy atom. The maximum atomic E-state index is 11.6. The average Bonchev–Trinajstić information content (AvgIpc) is 3.12. The maximum absolute atomic E-state index is 11.6. The van der Waals surface area contributed by atoms with E-state index in [1.807, 2.05) is 4.68 Å². The topological polar surface area (TPSA) is 58.4 Å². The van der Waals surface area contributed by atoms with E-state index in [0.717, 1.165) is 50.0 Å². The Morgan fingerprint density at radius 2 is 2.33 bits per heavy atom. The number of aromatic carboxylic acids is 1. The molecule has 0 fully saturated rings. The van der Waals surface area contributed by atoms with E-state index in [-0.39, 0.29) is 5.69 Å². The summed E-state index contributed by atoms with van der Waals surface area (Å²) in [5.41, 5.74) is 3.67. The number of likely N-dealkylation sites (N-methyl/N-ethyl adjacent to an activating group) is 1. The van der Waals surface area contributed by atoms with Crippen LogP contribution in [0.5, 0.6) is 0 Å². The molecule has 0 aromatic carbocycles. The molecule has 0 amide bonds. The van der Waals surface area contributed by atoms with E-state index in [0.29, 0.717) is 6.04 Å². The molecule has 24 heavy (non-hydrogen) atoms. The first kappa shape index (κ1) is 17.2.